The molecule has 0 fully saturated rings. The van der Waals surface area contributed by atoms with Gasteiger partial charge in [-0.15, -0.1) is 0 Å². The number of hydrogen-bond donors (Lipinski definition) is 2. The Morgan fingerprint density at radius 1 is 1.55 bits per heavy atom. The third-order valence-electron chi connectivity index (χ3n) is 0.448. The van der Waals surface area contributed by atoms with Crippen LogP contribution in [0.1, 0.15) is 13.8 Å². The Kier molecular flexibility index (Phi) is 10.2. The van der Waals surface area contributed by atoms with E-state index in [0.717, 1.165) is 6.92 Å². The number of aliphatic carboxylic acids is 1. The van der Waals surface area contributed by atoms with Gasteiger partial charge in [-0.1, -0.05) is 0 Å². The van der Waals surface area contributed by atoms with E-state index < -0.39 is 11.9 Å². The second kappa shape index (κ2) is 8.90. The largest absolute Gasteiger partial charge is 0.481 e. The van der Waals surface area contributed by atoms with Gasteiger partial charge in [-0.05, 0) is 6.92 Å². The first kappa shape index (κ1) is 12.6. The summed E-state index contributed by atoms with van der Waals surface area (Å²) in [5.41, 5.74) is 4.71. The molecule has 3 N–H and O–H groups in total. The van der Waals surface area contributed by atoms with Gasteiger partial charge in [0.15, 0.2) is 0 Å². The van der Waals surface area contributed by atoms with Crippen molar-refractivity contribution < 1.29 is 19.4 Å². The van der Waals surface area contributed by atoms with Crippen LogP contribution in [0.15, 0.2) is 0 Å². The summed E-state index contributed by atoms with van der Waals surface area (Å²) in [5, 5.41) is 7.42. The van der Waals surface area contributed by atoms with E-state index in [0.29, 0.717) is 6.61 Å². The van der Waals surface area contributed by atoms with Gasteiger partial charge in [0.1, 0.15) is 6.61 Å². The van der Waals surface area contributed by atoms with Crippen LogP contribution in [0.3, 0.4) is 0 Å². The molecule has 0 saturated carbocycles. The van der Waals surface area contributed by atoms with Crippen molar-refractivity contribution in [1.82, 2.24) is 0 Å². The monoisotopic (exact) mass is 163 g/mol. The van der Waals surface area contributed by atoms with Gasteiger partial charge in [-0.2, -0.15) is 0 Å². The lowest BCUT2D eigenvalue weighted by molar-refractivity contribution is -0.134. The molecule has 0 aliphatic carbocycles. The Morgan fingerprint density at radius 2 is 1.91 bits per heavy atom. The molecule has 66 valence electrons. The summed E-state index contributed by atoms with van der Waals surface area (Å²) in [7, 11) is 0. The maximum atomic E-state index is 9.86. The van der Waals surface area contributed by atoms with Crippen LogP contribution in [0.5, 0.6) is 0 Å². The van der Waals surface area contributed by atoms with E-state index in [9.17, 15) is 4.79 Å². The fraction of sp³-hybridized carbons (Fsp3) is 0.667. The van der Waals surface area contributed by atoms with Gasteiger partial charge in [-0.3, -0.25) is 9.59 Å². The summed E-state index contributed by atoms with van der Waals surface area (Å²) in [4.78, 5) is 18.9. The maximum Gasteiger partial charge on any atom is 0.300 e. The van der Waals surface area contributed by atoms with Crippen molar-refractivity contribution in [2.24, 2.45) is 5.73 Å². The molecule has 5 heteroatoms. The normalized spacial score (nSPS) is 7.82. The highest BCUT2D eigenvalue weighted by Gasteiger charge is 1.87. The van der Waals surface area contributed by atoms with Crippen LogP contribution in [-0.2, 0) is 14.3 Å². The number of rotatable bonds is 3. The molecule has 0 heterocycles. The minimum absolute atomic E-state index is 0.0382. The molecule has 0 aliphatic heterocycles. The van der Waals surface area contributed by atoms with E-state index in [1.54, 1.807) is 0 Å². The van der Waals surface area contributed by atoms with Crippen molar-refractivity contribution in [3.63, 3.8) is 0 Å². The quantitative estimate of drug-likeness (QED) is 0.592. The van der Waals surface area contributed by atoms with Crippen molar-refractivity contribution in [3.8, 4) is 0 Å². The van der Waals surface area contributed by atoms with Crippen LogP contribution in [0, 0.1) is 0 Å². The Labute approximate surface area is 65.1 Å². The second-order valence-corrected chi connectivity index (χ2v) is 1.62. The van der Waals surface area contributed by atoms with E-state index in [4.69, 9.17) is 15.6 Å². The molecule has 0 aromatic heterocycles. The van der Waals surface area contributed by atoms with Crippen molar-refractivity contribution >= 4 is 11.9 Å². The zero-order valence-corrected chi connectivity index (χ0v) is 6.66. The van der Waals surface area contributed by atoms with Gasteiger partial charge >= 0.3 is 0 Å². The predicted molar refractivity (Wildman–Crippen MR) is 39.0 cm³/mol. The van der Waals surface area contributed by atoms with Crippen LogP contribution in [-0.4, -0.2) is 30.2 Å². The van der Waals surface area contributed by atoms with Crippen molar-refractivity contribution in [3.05, 3.63) is 0 Å². The molecule has 5 nitrogen and oxygen atoms in total. The third-order valence-corrected chi connectivity index (χ3v) is 0.448. The minimum atomic E-state index is -0.833. The van der Waals surface area contributed by atoms with Gasteiger partial charge < -0.3 is 15.6 Å². The summed E-state index contributed by atoms with van der Waals surface area (Å²) in [6.45, 7) is 3.47. The minimum Gasteiger partial charge on any atom is -0.481 e. The highest BCUT2D eigenvalue weighted by molar-refractivity contribution is 5.74. The van der Waals surface area contributed by atoms with Gasteiger partial charge in [0.2, 0.25) is 5.91 Å². The molecular weight excluding hydrogens is 150 g/mol. The van der Waals surface area contributed by atoms with E-state index in [1.165, 1.54) is 0 Å². The van der Waals surface area contributed by atoms with Crippen LogP contribution in [0.25, 0.3) is 0 Å². The lowest BCUT2D eigenvalue weighted by Gasteiger charge is -1.91. The number of ether oxygens (including phenoxy) is 1. The number of carbonyl (C=O) groups is 2. The zero-order chi connectivity index (χ0) is 9.28. The molecule has 11 heavy (non-hydrogen) atoms. The molecule has 0 unspecified atom stereocenters. The van der Waals surface area contributed by atoms with E-state index in [-0.39, 0.29) is 6.61 Å². The number of nitrogens with two attached hydrogens (primary N) is 1. The molecular formula is C6H13NO4. The first-order valence-corrected chi connectivity index (χ1v) is 3.06. The average Bonchev–Trinajstić information content (AvgIpc) is 1.82. The summed E-state index contributed by atoms with van der Waals surface area (Å²) in [6, 6.07) is 0. The molecule has 1 amide bonds. The maximum absolute atomic E-state index is 9.86. The lowest BCUT2D eigenvalue weighted by Crippen LogP contribution is -2.17. The van der Waals surface area contributed by atoms with Crippen molar-refractivity contribution in [2.45, 2.75) is 13.8 Å². The van der Waals surface area contributed by atoms with E-state index >= 15 is 0 Å². The molecule has 0 rings (SSSR count). The van der Waals surface area contributed by atoms with Crippen molar-refractivity contribution in [2.75, 3.05) is 13.2 Å². The number of amides is 1. The predicted octanol–water partition coefficient (Wildman–Crippen LogP) is -0.401. The number of carboxylic acid groups (broad SMARTS) is 1. The molecule has 0 aromatic carbocycles. The highest BCUT2D eigenvalue weighted by atomic mass is 16.5. The Balaban J connectivity index is 0. The SMILES string of the molecule is CC(=O)O.CCOCC(N)=O. The van der Waals surface area contributed by atoms with Gasteiger partial charge in [0.05, 0.1) is 0 Å². The number of primary amides is 1. The molecule has 0 saturated heterocycles. The Bertz CT molecular complexity index is 120. The average molecular weight is 163 g/mol. The first-order chi connectivity index (χ1) is 5.00. The van der Waals surface area contributed by atoms with E-state index in [1.807, 2.05) is 6.92 Å². The summed E-state index contributed by atoms with van der Waals surface area (Å²) < 4.78 is 4.62. The summed E-state index contributed by atoms with van der Waals surface area (Å²) >= 11 is 0. The highest BCUT2D eigenvalue weighted by Crippen LogP contribution is 1.67. The van der Waals surface area contributed by atoms with Crippen LogP contribution >= 0.6 is 0 Å². The molecule has 0 aliphatic rings. The van der Waals surface area contributed by atoms with Gasteiger partial charge in [0.25, 0.3) is 5.97 Å². The van der Waals surface area contributed by atoms with Gasteiger partial charge in [-0.25, -0.2) is 0 Å². The Morgan fingerprint density at radius 3 is 2.00 bits per heavy atom. The molecule has 0 bridgehead atoms. The van der Waals surface area contributed by atoms with Gasteiger partial charge in [0, 0.05) is 13.5 Å². The summed E-state index contributed by atoms with van der Waals surface area (Å²) in [5.74, 6) is -1.25. The molecule has 0 aromatic rings. The summed E-state index contributed by atoms with van der Waals surface area (Å²) in [6.07, 6.45) is 0. The lowest BCUT2D eigenvalue weighted by atomic mass is 10.7. The molecule has 0 atom stereocenters. The second-order valence-electron chi connectivity index (χ2n) is 1.62. The fourth-order valence-electron chi connectivity index (χ4n) is 0.203. The molecule has 0 spiro atoms. The fourth-order valence-corrected chi connectivity index (χ4v) is 0.203. The van der Waals surface area contributed by atoms with Crippen LogP contribution < -0.4 is 5.73 Å². The molecule has 0 radical (unpaired) electrons. The topological polar surface area (TPSA) is 89.6 Å². The number of carbonyl (C=O) groups excluding carboxylic acids is 1. The Hall–Kier alpha value is -1.10. The number of carboxylic acids is 1. The van der Waals surface area contributed by atoms with Crippen LogP contribution in [0.2, 0.25) is 0 Å². The standard InChI is InChI=1S/C4H9NO2.C2H4O2/c1-2-7-3-4(5)6;1-2(3)4/h2-3H2,1H3,(H2,5,6);1H3,(H,3,4). The third kappa shape index (κ3) is 50.4. The smallest absolute Gasteiger partial charge is 0.300 e. The first-order valence-electron chi connectivity index (χ1n) is 3.06. The number of hydrogen-bond acceptors (Lipinski definition) is 3. The van der Waals surface area contributed by atoms with Crippen LogP contribution in [0.4, 0.5) is 0 Å². The van der Waals surface area contributed by atoms with E-state index in [2.05, 4.69) is 4.74 Å². The van der Waals surface area contributed by atoms with Crippen molar-refractivity contribution in [1.29, 1.82) is 0 Å². The zero-order valence-electron chi connectivity index (χ0n) is 6.66.